The summed E-state index contributed by atoms with van der Waals surface area (Å²) in [5.74, 6) is 0.980. The third kappa shape index (κ3) is 3.16. The smallest absolute Gasteiger partial charge is 0.183 e. The van der Waals surface area contributed by atoms with E-state index >= 15 is 0 Å². The molecule has 138 valence electrons. The first-order valence-corrected chi connectivity index (χ1v) is 11.8. The van der Waals surface area contributed by atoms with Gasteiger partial charge in [0.15, 0.2) is 8.07 Å². The molecule has 0 spiro atoms. The van der Waals surface area contributed by atoms with Crippen LogP contribution in [0.15, 0.2) is 115 Å². The lowest BCUT2D eigenvalue weighted by Crippen LogP contribution is -2.74. The molecular formula is C26H24OSi. The van der Waals surface area contributed by atoms with Gasteiger partial charge in [-0.3, -0.25) is 0 Å². The van der Waals surface area contributed by atoms with Crippen molar-refractivity contribution in [2.45, 2.75) is 6.92 Å². The van der Waals surface area contributed by atoms with E-state index in [-0.39, 0.29) is 0 Å². The maximum Gasteiger partial charge on any atom is 0.183 e. The molecular weight excluding hydrogens is 356 g/mol. The van der Waals surface area contributed by atoms with Crippen LogP contribution in [0.3, 0.4) is 0 Å². The Morgan fingerprint density at radius 1 is 0.536 bits per heavy atom. The van der Waals surface area contributed by atoms with Crippen molar-refractivity contribution in [1.82, 2.24) is 0 Å². The Bertz CT molecular complexity index is 917. The SMILES string of the molecule is CCOc1ccccc1[Si](c1ccccc1)(c1ccccc1)c1ccccc1. The van der Waals surface area contributed by atoms with Gasteiger partial charge in [-0.25, -0.2) is 0 Å². The van der Waals surface area contributed by atoms with Crippen molar-refractivity contribution in [3.63, 3.8) is 0 Å². The van der Waals surface area contributed by atoms with Gasteiger partial charge in [0.1, 0.15) is 5.75 Å². The van der Waals surface area contributed by atoms with Crippen molar-refractivity contribution in [3.05, 3.63) is 115 Å². The maximum absolute atomic E-state index is 6.14. The second kappa shape index (κ2) is 8.28. The monoisotopic (exact) mass is 380 g/mol. The summed E-state index contributed by atoms with van der Waals surface area (Å²) >= 11 is 0. The third-order valence-corrected chi connectivity index (χ3v) is 10.0. The molecule has 4 aromatic rings. The van der Waals surface area contributed by atoms with E-state index < -0.39 is 8.07 Å². The molecule has 0 aliphatic carbocycles. The molecule has 0 saturated heterocycles. The molecule has 0 bridgehead atoms. The molecule has 2 heteroatoms. The van der Waals surface area contributed by atoms with E-state index in [1.54, 1.807) is 0 Å². The molecule has 0 atom stereocenters. The molecule has 0 saturated carbocycles. The minimum atomic E-state index is -2.51. The zero-order valence-electron chi connectivity index (χ0n) is 16.1. The highest BCUT2D eigenvalue weighted by atomic mass is 28.3. The van der Waals surface area contributed by atoms with Crippen LogP contribution in [0.5, 0.6) is 5.75 Å². The predicted molar refractivity (Wildman–Crippen MR) is 121 cm³/mol. The van der Waals surface area contributed by atoms with Gasteiger partial charge in [-0.15, -0.1) is 0 Å². The third-order valence-electron chi connectivity index (χ3n) is 5.21. The number of benzene rings is 4. The van der Waals surface area contributed by atoms with E-state index in [1.807, 2.05) is 6.92 Å². The van der Waals surface area contributed by atoms with Gasteiger partial charge >= 0.3 is 0 Å². The lowest BCUT2D eigenvalue weighted by Gasteiger charge is -2.35. The van der Waals surface area contributed by atoms with E-state index in [9.17, 15) is 0 Å². The van der Waals surface area contributed by atoms with Crippen molar-refractivity contribution in [1.29, 1.82) is 0 Å². The van der Waals surface area contributed by atoms with Crippen LogP contribution in [0.2, 0.25) is 0 Å². The highest BCUT2D eigenvalue weighted by Crippen LogP contribution is 2.16. The van der Waals surface area contributed by atoms with E-state index in [1.165, 1.54) is 20.7 Å². The second-order valence-electron chi connectivity index (χ2n) is 6.78. The summed E-state index contributed by atoms with van der Waals surface area (Å²) in [5.41, 5.74) is 0. The fourth-order valence-electron chi connectivity index (χ4n) is 4.09. The quantitative estimate of drug-likeness (QED) is 0.368. The number of para-hydroxylation sites is 1. The highest BCUT2D eigenvalue weighted by molar-refractivity contribution is 7.20. The van der Waals surface area contributed by atoms with Gasteiger partial charge in [0.2, 0.25) is 0 Å². The molecule has 0 heterocycles. The van der Waals surface area contributed by atoms with E-state index in [0.717, 1.165) is 5.75 Å². The first-order chi connectivity index (χ1) is 13.9. The molecule has 0 radical (unpaired) electrons. The Kier molecular flexibility index (Phi) is 5.40. The molecule has 0 aliphatic rings. The van der Waals surface area contributed by atoms with Crippen molar-refractivity contribution in [2.24, 2.45) is 0 Å². The Morgan fingerprint density at radius 2 is 0.929 bits per heavy atom. The lowest BCUT2D eigenvalue weighted by molar-refractivity contribution is 0.343. The molecule has 0 N–H and O–H groups in total. The minimum absolute atomic E-state index is 0.653. The number of hydrogen-bond acceptors (Lipinski definition) is 1. The van der Waals surface area contributed by atoms with Crippen molar-refractivity contribution < 1.29 is 4.74 Å². The van der Waals surface area contributed by atoms with Crippen LogP contribution in [0.25, 0.3) is 0 Å². The van der Waals surface area contributed by atoms with Crippen molar-refractivity contribution in [3.8, 4) is 5.75 Å². The predicted octanol–water partition coefficient (Wildman–Crippen LogP) is 3.46. The summed E-state index contributed by atoms with van der Waals surface area (Å²) in [6.45, 7) is 2.70. The zero-order chi connectivity index (χ0) is 19.2. The summed E-state index contributed by atoms with van der Waals surface area (Å²) in [6.07, 6.45) is 0. The van der Waals surface area contributed by atoms with Crippen LogP contribution in [0.1, 0.15) is 6.92 Å². The Balaban J connectivity index is 2.14. The fraction of sp³-hybridized carbons (Fsp3) is 0.0769. The Labute approximate surface area is 168 Å². The number of ether oxygens (including phenoxy) is 1. The number of rotatable bonds is 6. The van der Waals surface area contributed by atoms with Crippen LogP contribution in [-0.4, -0.2) is 14.7 Å². The van der Waals surface area contributed by atoms with E-state index in [4.69, 9.17) is 4.74 Å². The molecule has 0 amide bonds. The van der Waals surface area contributed by atoms with E-state index in [2.05, 4.69) is 115 Å². The lowest BCUT2D eigenvalue weighted by atomic mass is 10.3. The van der Waals surface area contributed by atoms with Gasteiger partial charge in [0.05, 0.1) is 6.61 Å². The molecule has 0 fully saturated rings. The molecule has 1 nitrogen and oxygen atoms in total. The van der Waals surface area contributed by atoms with Crippen LogP contribution in [0, 0.1) is 0 Å². The summed E-state index contributed by atoms with van der Waals surface area (Å²) < 4.78 is 6.14. The average Bonchev–Trinajstić information content (AvgIpc) is 2.78. The molecule has 0 aliphatic heterocycles. The van der Waals surface area contributed by atoms with Gasteiger partial charge in [0, 0.05) is 0 Å². The first-order valence-electron chi connectivity index (χ1n) is 9.76. The summed E-state index contributed by atoms with van der Waals surface area (Å²) in [7, 11) is -2.51. The summed E-state index contributed by atoms with van der Waals surface area (Å²) in [5, 5.41) is 5.37. The van der Waals surface area contributed by atoms with Crippen LogP contribution >= 0.6 is 0 Å². The van der Waals surface area contributed by atoms with Crippen molar-refractivity contribution in [2.75, 3.05) is 6.61 Å². The molecule has 4 aromatic carbocycles. The zero-order valence-corrected chi connectivity index (χ0v) is 17.1. The van der Waals surface area contributed by atoms with Gasteiger partial charge < -0.3 is 4.74 Å². The average molecular weight is 381 g/mol. The minimum Gasteiger partial charge on any atom is -0.494 e. The molecule has 28 heavy (non-hydrogen) atoms. The second-order valence-corrected chi connectivity index (χ2v) is 10.5. The van der Waals surface area contributed by atoms with Crippen molar-refractivity contribution >= 4 is 28.8 Å². The van der Waals surface area contributed by atoms with Crippen LogP contribution in [0.4, 0.5) is 0 Å². The summed E-state index contributed by atoms with van der Waals surface area (Å²) in [4.78, 5) is 0. The van der Waals surface area contributed by atoms with Gasteiger partial charge in [0.25, 0.3) is 0 Å². The summed E-state index contributed by atoms with van der Waals surface area (Å²) in [6, 6.07) is 41.3. The normalized spacial score (nSPS) is 11.2. The fourth-order valence-corrected chi connectivity index (χ4v) is 8.97. The van der Waals surface area contributed by atoms with Crippen LogP contribution in [-0.2, 0) is 0 Å². The van der Waals surface area contributed by atoms with Crippen LogP contribution < -0.4 is 25.5 Å². The largest absolute Gasteiger partial charge is 0.494 e. The molecule has 0 aromatic heterocycles. The topological polar surface area (TPSA) is 9.23 Å². The standard InChI is InChI=1S/C26H24OSi/c1-2-27-25-20-12-13-21-26(25)28(22-14-6-3-7-15-22,23-16-8-4-9-17-23)24-18-10-5-11-19-24/h3-21H,2H2,1H3. The van der Waals surface area contributed by atoms with E-state index in [0.29, 0.717) is 6.61 Å². The number of hydrogen-bond donors (Lipinski definition) is 0. The van der Waals surface area contributed by atoms with Gasteiger partial charge in [-0.2, -0.15) is 0 Å². The first kappa shape index (κ1) is 18.3. The Hall–Kier alpha value is -3.10. The highest BCUT2D eigenvalue weighted by Gasteiger charge is 2.43. The molecule has 0 unspecified atom stereocenters. The maximum atomic E-state index is 6.14. The Morgan fingerprint density at radius 3 is 1.36 bits per heavy atom. The van der Waals surface area contributed by atoms with Gasteiger partial charge in [-0.1, -0.05) is 109 Å². The van der Waals surface area contributed by atoms with Gasteiger partial charge in [-0.05, 0) is 33.7 Å². The molecule has 4 rings (SSSR count).